The van der Waals surface area contributed by atoms with E-state index in [4.69, 9.17) is 16.3 Å². The number of rotatable bonds is 4. The average Bonchev–Trinajstić information content (AvgIpc) is 3.31. The minimum atomic E-state index is -1.06. The van der Waals surface area contributed by atoms with Crippen molar-refractivity contribution in [2.24, 2.45) is 0 Å². The fourth-order valence-corrected chi connectivity index (χ4v) is 2.31. The largest absolute Gasteiger partial charge is 0.480 e. The van der Waals surface area contributed by atoms with Gasteiger partial charge in [0.1, 0.15) is 5.56 Å². The normalized spacial score (nSPS) is 14.0. The minimum absolute atomic E-state index is 0.0673. The standard InChI is InChI=1S/C15H13ClN2O3/c1-21-14-11(15(19)20)12(8-2-3-8)17-13(18-14)9-4-6-10(16)7-5-9/h4-8H,2-3H2,1H3,(H,19,20). The molecule has 1 saturated carbocycles. The fraction of sp³-hybridized carbons (Fsp3) is 0.267. The Bertz CT molecular complexity index is 697. The van der Waals surface area contributed by atoms with Gasteiger partial charge < -0.3 is 9.84 Å². The van der Waals surface area contributed by atoms with Crippen LogP contribution in [-0.2, 0) is 0 Å². The Balaban J connectivity index is 2.16. The summed E-state index contributed by atoms with van der Waals surface area (Å²) >= 11 is 5.87. The molecule has 0 spiro atoms. The maximum absolute atomic E-state index is 11.4. The van der Waals surface area contributed by atoms with E-state index in [0.29, 0.717) is 16.5 Å². The second kappa shape index (κ2) is 5.33. The number of carboxylic acid groups (broad SMARTS) is 1. The van der Waals surface area contributed by atoms with Crippen LogP contribution in [0.5, 0.6) is 5.88 Å². The number of carboxylic acids is 1. The summed E-state index contributed by atoms with van der Waals surface area (Å²) < 4.78 is 5.15. The Labute approximate surface area is 126 Å². The number of methoxy groups -OCH3 is 1. The first-order valence-corrected chi connectivity index (χ1v) is 6.93. The first-order chi connectivity index (χ1) is 10.1. The van der Waals surface area contributed by atoms with E-state index in [9.17, 15) is 9.90 Å². The van der Waals surface area contributed by atoms with Gasteiger partial charge in [-0.15, -0.1) is 0 Å². The highest BCUT2D eigenvalue weighted by Gasteiger charge is 2.33. The summed E-state index contributed by atoms with van der Waals surface area (Å²) in [4.78, 5) is 20.1. The molecule has 0 saturated heterocycles. The Kier molecular flexibility index (Phi) is 3.51. The van der Waals surface area contributed by atoms with Gasteiger partial charge in [-0.05, 0) is 37.1 Å². The summed E-state index contributed by atoms with van der Waals surface area (Å²) in [5.41, 5.74) is 1.40. The monoisotopic (exact) mass is 304 g/mol. The molecule has 1 aromatic heterocycles. The molecule has 6 heteroatoms. The van der Waals surface area contributed by atoms with Gasteiger partial charge in [0, 0.05) is 16.5 Å². The van der Waals surface area contributed by atoms with Crippen LogP contribution in [0.15, 0.2) is 24.3 Å². The van der Waals surface area contributed by atoms with E-state index in [2.05, 4.69) is 9.97 Å². The molecule has 2 aromatic rings. The lowest BCUT2D eigenvalue weighted by atomic mass is 10.1. The summed E-state index contributed by atoms with van der Waals surface area (Å²) in [6.45, 7) is 0. The summed E-state index contributed by atoms with van der Waals surface area (Å²) in [6.07, 6.45) is 1.89. The zero-order valence-electron chi connectivity index (χ0n) is 11.3. The molecule has 0 radical (unpaired) electrons. The molecule has 5 nitrogen and oxygen atoms in total. The van der Waals surface area contributed by atoms with Gasteiger partial charge in [-0.1, -0.05) is 11.6 Å². The number of aromatic nitrogens is 2. The van der Waals surface area contributed by atoms with Crippen LogP contribution < -0.4 is 4.74 Å². The summed E-state index contributed by atoms with van der Waals surface area (Å²) in [6, 6.07) is 7.09. The molecule has 1 aliphatic rings. The molecule has 1 heterocycles. The SMILES string of the molecule is COc1nc(-c2ccc(Cl)cc2)nc(C2CC2)c1C(=O)O. The quantitative estimate of drug-likeness (QED) is 0.937. The average molecular weight is 305 g/mol. The second-order valence-corrected chi connectivity index (χ2v) is 5.34. The number of hydrogen-bond acceptors (Lipinski definition) is 4. The molecule has 3 rings (SSSR count). The first-order valence-electron chi connectivity index (χ1n) is 6.55. The Hall–Kier alpha value is -2.14. The number of nitrogens with zero attached hydrogens (tertiary/aromatic N) is 2. The zero-order chi connectivity index (χ0) is 15.0. The van der Waals surface area contributed by atoms with Gasteiger partial charge in [0.2, 0.25) is 5.88 Å². The molecule has 1 aromatic carbocycles. The lowest BCUT2D eigenvalue weighted by molar-refractivity contribution is 0.0690. The van der Waals surface area contributed by atoms with Crippen molar-refractivity contribution in [3.63, 3.8) is 0 Å². The van der Waals surface area contributed by atoms with Crippen LogP contribution in [0.25, 0.3) is 11.4 Å². The Morgan fingerprint density at radius 3 is 2.48 bits per heavy atom. The second-order valence-electron chi connectivity index (χ2n) is 4.90. The first kappa shape index (κ1) is 13.8. The highest BCUT2D eigenvalue weighted by Crippen LogP contribution is 2.43. The minimum Gasteiger partial charge on any atom is -0.480 e. The Morgan fingerprint density at radius 2 is 1.95 bits per heavy atom. The predicted octanol–water partition coefficient (Wildman–Crippen LogP) is 3.38. The Morgan fingerprint density at radius 1 is 1.29 bits per heavy atom. The van der Waals surface area contributed by atoms with E-state index in [1.165, 1.54) is 7.11 Å². The van der Waals surface area contributed by atoms with E-state index in [0.717, 1.165) is 18.4 Å². The predicted molar refractivity (Wildman–Crippen MR) is 78.0 cm³/mol. The van der Waals surface area contributed by atoms with Gasteiger partial charge in [0.05, 0.1) is 12.8 Å². The summed E-state index contributed by atoms with van der Waals surface area (Å²) in [5, 5.41) is 10.00. The third kappa shape index (κ3) is 2.69. The third-order valence-electron chi connectivity index (χ3n) is 3.38. The highest BCUT2D eigenvalue weighted by molar-refractivity contribution is 6.30. The van der Waals surface area contributed by atoms with E-state index in [1.54, 1.807) is 24.3 Å². The van der Waals surface area contributed by atoms with Crippen LogP contribution in [0.1, 0.15) is 34.8 Å². The van der Waals surface area contributed by atoms with Crippen LogP contribution in [-0.4, -0.2) is 28.2 Å². The van der Waals surface area contributed by atoms with Crippen LogP contribution in [0.3, 0.4) is 0 Å². The molecular formula is C15H13ClN2O3. The van der Waals surface area contributed by atoms with Gasteiger partial charge in [-0.3, -0.25) is 0 Å². The number of halogens is 1. The van der Waals surface area contributed by atoms with Crippen molar-refractivity contribution in [1.29, 1.82) is 0 Å². The topological polar surface area (TPSA) is 72.3 Å². The highest BCUT2D eigenvalue weighted by atomic mass is 35.5. The van der Waals surface area contributed by atoms with Gasteiger partial charge in [-0.2, -0.15) is 4.98 Å². The summed E-state index contributed by atoms with van der Waals surface area (Å²) in [7, 11) is 1.41. The summed E-state index contributed by atoms with van der Waals surface area (Å²) in [5.74, 6) is -0.324. The third-order valence-corrected chi connectivity index (χ3v) is 3.63. The zero-order valence-corrected chi connectivity index (χ0v) is 12.1. The van der Waals surface area contributed by atoms with Crippen molar-refractivity contribution in [2.45, 2.75) is 18.8 Å². The fourth-order valence-electron chi connectivity index (χ4n) is 2.19. The van der Waals surface area contributed by atoms with E-state index in [1.807, 2.05) is 0 Å². The lowest BCUT2D eigenvalue weighted by Gasteiger charge is -2.11. The molecule has 0 bridgehead atoms. The number of hydrogen-bond donors (Lipinski definition) is 1. The van der Waals surface area contributed by atoms with Crippen molar-refractivity contribution in [3.8, 4) is 17.3 Å². The van der Waals surface area contributed by atoms with Crippen LogP contribution in [0.4, 0.5) is 0 Å². The van der Waals surface area contributed by atoms with Crippen LogP contribution in [0.2, 0.25) is 5.02 Å². The van der Waals surface area contributed by atoms with Crippen molar-refractivity contribution in [1.82, 2.24) is 9.97 Å². The molecular weight excluding hydrogens is 292 g/mol. The number of aromatic carboxylic acids is 1. The molecule has 1 fully saturated rings. The van der Waals surface area contributed by atoms with Gasteiger partial charge in [0.25, 0.3) is 0 Å². The number of benzene rings is 1. The van der Waals surface area contributed by atoms with Crippen molar-refractivity contribution in [2.75, 3.05) is 7.11 Å². The van der Waals surface area contributed by atoms with E-state index >= 15 is 0 Å². The maximum Gasteiger partial charge on any atom is 0.343 e. The smallest absolute Gasteiger partial charge is 0.343 e. The lowest BCUT2D eigenvalue weighted by Crippen LogP contribution is -2.10. The molecule has 0 atom stereocenters. The maximum atomic E-state index is 11.4. The van der Waals surface area contributed by atoms with E-state index in [-0.39, 0.29) is 17.4 Å². The molecule has 0 aliphatic heterocycles. The molecule has 108 valence electrons. The van der Waals surface area contributed by atoms with Crippen LogP contribution >= 0.6 is 11.6 Å². The number of ether oxygens (including phenoxy) is 1. The van der Waals surface area contributed by atoms with Gasteiger partial charge in [-0.25, -0.2) is 9.78 Å². The van der Waals surface area contributed by atoms with E-state index < -0.39 is 5.97 Å². The molecule has 1 N–H and O–H groups in total. The molecule has 0 unspecified atom stereocenters. The number of carbonyl (C=O) groups is 1. The van der Waals surface area contributed by atoms with Crippen molar-refractivity contribution >= 4 is 17.6 Å². The van der Waals surface area contributed by atoms with Gasteiger partial charge >= 0.3 is 5.97 Å². The van der Waals surface area contributed by atoms with Crippen LogP contribution in [0, 0.1) is 0 Å². The van der Waals surface area contributed by atoms with Crippen molar-refractivity contribution < 1.29 is 14.6 Å². The van der Waals surface area contributed by atoms with Gasteiger partial charge in [0.15, 0.2) is 5.82 Å². The molecule has 21 heavy (non-hydrogen) atoms. The molecule has 0 amide bonds. The molecule has 1 aliphatic carbocycles. The van der Waals surface area contributed by atoms with Crippen molar-refractivity contribution in [3.05, 3.63) is 40.5 Å².